The second-order valence-electron chi connectivity index (χ2n) is 5.56. The van der Waals surface area contributed by atoms with Crippen molar-refractivity contribution >= 4 is 46.7 Å². The monoisotopic (exact) mass is 377 g/mol. The van der Waals surface area contributed by atoms with E-state index >= 15 is 0 Å². The molecule has 0 aromatic heterocycles. The van der Waals surface area contributed by atoms with E-state index in [1.165, 1.54) is 25.7 Å². The molecule has 1 aliphatic rings. The van der Waals surface area contributed by atoms with Gasteiger partial charge in [0.2, 0.25) is 11.8 Å². The molecule has 1 N–H and O–H groups in total. The number of thioether (sulfide) groups is 1. The van der Waals surface area contributed by atoms with Crippen LogP contribution >= 0.6 is 11.8 Å². The smallest absolute Gasteiger partial charge is 0.354 e. The largest absolute Gasteiger partial charge is 0.453 e. The Morgan fingerprint density at radius 1 is 1.31 bits per heavy atom. The number of rotatable bonds is 6. The Morgan fingerprint density at radius 2 is 2.04 bits per heavy atom. The maximum atomic E-state index is 12.3. The number of hydrogen-bond acceptors (Lipinski definition) is 7. The van der Waals surface area contributed by atoms with E-state index in [1.807, 2.05) is 6.26 Å². The zero-order chi connectivity index (χ0) is 19.3. The van der Waals surface area contributed by atoms with E-state index in [-0.39, 0.29) is 30.4 Å². The van der Waals surface area contributed by atoms with Gasteiger partial charge in [0.25, 0.3) is 0 Å². The number of carbonyl (C=O) groups is 4. The van der Waals surface area contributed by atoms with Crippen LogP contribution in [-0.2, 0) is 19.1 Å². The number of benzene rings is 1. The Labute approximate surface area is 154 Å². The molecule has 0 atom stereocenters. The summed E-state index contributed by atoms with van der Waals surface area (Å²) in [5, 5.41) is 7.60. The highest BCUT2D eigenvalue weighted by Crippen LogP contribution is 2.26. The number of hydrazone groups is 1. The Kier molecular flexibility index (Phi) is 6.51. The molecule has 0 radical (unpaired) electrons. The summed E-state index contributed by atoms with van der Waals surface area (Å²) in [4.78, 5) is 47.7. The summed E-state index contributed by atoms with van der Waals surface area (Å²) in [6.07, 6.45) is 2.22. The number of amides is 2. The molecule has 2 rings (SSSR count). The fourth-order valence-corrected chi connectivity index (χ4v) is 2.82. The van der Waals surface area contributed by atoms with Gasteiger partial charge >= 0.3 is 5.97 Å². The van der Waals surface area contributed by atoms with Crippen molar-refractivity contribution in [3.8, 4) is 0 Å². The number of nitrogens with zero attached hydrogens (tertiary/aromatic N) is 2. The second kappa shape index (κ2) is 8.61. The Hall–Kier alpha value is -2.68. The summed E-state index contributed by atoms with van der Waals surface area (Å²) < 4.78 is 5.01. The molecule has 8 nitrogen and oxygen atoms in total. The molecule has 1 aromatic carbocycles. The summed E-state index contributed by atoms with van der Waals surface area (Å²) in [6, 6.07) is 4.88. The fraction of sp³-hybridized carbons (Fsp3) is 0.353. The SMILES string of the molecule is CSc1ccc(C(=O)COC(=O)C2=NN(C)C(=O)CC2)cc1NC(C)=O. The highest BCUT2D eigenvalue weighted by molar-refractivity contribution is 7.98. The van der Waals surface area contributed by atoms with Gasteiger partial charge in [-0.05, 0) is 18.4 Å². The molecule has 1 aliphatic heterocycles. The van der Waals surface area contributed by atoms with Crippen LogP contribution in [0.15, 0.2) is 28.2 Å². The van der Waals surface area contributed by atoms with Crippen molar-refractivity contribution in [2.24, 2.45) is 5.10 Å². The van der Waals surface area contributed by atoms with Gasteiger partial charge in [0.15, 0.2) is 12.4 Å². The Balaban J connectivity index is 2.03. The predicted octanol–water partition coefficient (Wildman–Crippen LogP) is 1.70. The van der Waals surface area contributed by atoms with Crippen molar-refractivity contribution in [1.29, 1.82) is 0 Å². The quantitative estimate of drug-likeness (QED) is 0.460. The highest BCUT2D eigenvalue weighted by atomic mass is 32.2. The van der Waals surface area contributed by atoms with E-state index in [2.05, 4.69) is 10.4 Å². The van der Waals surface area contributed by atoms with E-state index in [0.717, 1.165) is 9.90 Å². The van der Waals surface area contributed by atoms with Gasteiger partial charge in [-0.1, -0.05) is 6.07 Å². The Morgan fingerprint density at radius 3 is 2.65 bits per heavy atom. The molecule has 0 spiro atoms. The van der Waals surface area contributed by atoms with Crippen LogP contribution in [0.25, 0.3) is 0 Å². The molecule has 1 aromatic rings. The lowest BCUT2D eigenvalue weighted by Gasteiger charge is -2.18. The number of esters is 1. The number of hydrogen-bond donors (Lipinski definition) is 1. The van der Waals surface area contributed by atoms with Crippen molar-refractivity contribution in [2.45, 2.75) is 24.7 Å². The van der Waals surface area contributed by atoms with Crippen molar-refractivity contribution < 1.29 is 23.9 Å². The van der Waals surface area contributed by atoms with Gasteiger partial charge in [-0.25, -0.2) is 9.80 Å². The summed E-state index contributed by atoms with van der Waals surface area (Å²) >= 11 is 1.44. The molecule has 138 valence electrons. The van der Waals surface area contributed by atoms with Gasteiger partial charge in [0.1, 0.15) is 5.71 Å². The van der Waals surface area contributed by atoms with Gasteiger partial charge < -0.3 is 10.1 Å². The van der Waals surface area contributed by atoms with E-state index in [4.69, 9.17) is 4.74 Å². The molecule has 0 saturated carbocycles. The molecule has 0 aliphatic carbocycles. The van der Waals surface area contributed by atoms with Gasteiger partial charge in [-0.15, -0.1) is 11.8 Å². The van der Waals surface area contributed by atoms with Crippen molar-refractivity contribution in [2.75, 3.05) is 25.2 Å². The highest BCUT2D eigenvalue weighted by Gasteiger charge is 2.24. The molecule has 0 bridgehead atoms. The van der Waals surface area contributed by atoms with Crippen LogP contribution in [0.4, 0.5) is 5.69 Å². The predicted molar refractivity (Wildman–Crippen MR) is 97.3 cm³/mol. The average Bonchev–Trinajstić information content (AvgIpc) is 2.61. The van der Waals surface area contributed by atoms with Crippen LogP contribution in [0.2, 0.25) is 0 Å². The maximum absolute atomic E-state index is 12.3. The van der Waals surface area contributed by atoms with Gasteiger partial charge in [0, 0.05) is 37.3 Å². The average molecular weight is 377 g/mol. The van der Waals surface area contributed by atoms with Crippen LogP contribution in [0.5, 0.6) is 0 Å². The van der Waals surface area contributed by atoms with E-state index < -0.39 is 18.4 Å². The van der Waals surface area contributed by atoms with E-state index in [1.54, 1.807) is 18.2 Å². The number of carbonyl (C=O) groups excluding carboxylic acids is 4. The first-order valence-electron chi connectivity index (χ1n) is 7.81. The number of anilines is 1. The first-order valence-corrected chi connectivity index (χ1v) is 9.04. The summed E-state index contributed by atoms with van der Waals surface area (Å²) in [6.45, 7) is 0.931. The number of ether oxygens (including phenoxy) is 1. The summed E-state index contributed by atoms with van der Waals surface area (Å²) in [5.41, 5.74) is 0.952. The minimum Gasteiger partial charge on any atom is -0.453 e. The number of Topliss-reactive ketones (excluding diaryl/α,β-unsaturated/α-hetero) is 1. The standard InChI is InChI=1S/C17H19N3O5S/c1-10(21)18-13-8-11(4-6-15(13)26-3)14(22)9-25-17(24)12-5-7-16(23)20(2)19-12/h4,6,8H,5,7,9H2,1-3H3,(H,18,21). The zero-order valence-corrected chi connectivity index (χ0v) is 15.5. The van der Waals surface area contributed by atoms with E-state index in [0.29, 0.717) is 11.3 Å². The van der Waals surface area contributed by atoms with Crippen LogP contribution in [0.1, 0.15) is 30.1 Å². The molecular formula is C17H19N3O5S. The fourth-order valence-electron chi connectivity index (χ4n) is 2.28. The van der Waals surface area contributed by atoms with Crippen LogP contribution < -0.4 is 5.32 Å². The van der Waals surface area contributed by atoms with Crippen molar-refractivity contribution in [1.82, 2.24) is 5.01 Å². The maximum Gasteiger partial charge on any atom is 0.354 e. The summed E-state index contributed by atoms with van der Waals surface area (Å²) in [7, 11) is 1.46. The minimum atomic E-state index is -0.722. The third-order valence-electron chi connectivity index (χ3n) is 3.61. The molecule has 0 saturated heterocycles. The molecule has 26 heavy (non-hydrogen) atoms. The van der Waals surface area contributed by atoms with Crippen LogP contribution in [-0.4, -0.2) is 54.2 Å². The third-order valence-corrected chi connectivity index (χ3v) is 4.41. The summed E-state index contributed by atoms with van der Waals surface area (Å²) in [5.74, 6) is -1.55. The Bertz CT molecular complexity index is 791. The lowest BCUT2D eigenvalue weighted by Crippen LogP contribution is -2.33. The van der Waals surface area contributed by atoms with E-state index in [9.17, 15) is 19.2 Å². The third kappa shape index (κ3) is 4.92. The lowest BCUT2D eigenvalue weighted by molar-refractivity contribution is -0.135. The number of ketones is 1. The first-order chi connectivity index (χ1) is 12.3. The molecule has 1 heterocycles. The van der Waals surface area contributed by atoms with Gasteiger partial charge in [-0.2, -0.15) is 5.10 Å². The zero-order valence-electron chi connectivity index (χ0n) is 14.7. The van der Waals surface area contributed by atoms with Gasteiger partial charge in [-0.3, -0.25) is 14.4 Å². The molecule has 2 amide bonds. The molecule has 0 unspecified atom stereocenters. The van der Waals surface area contributed by atoms with Crippen LogP contribution in [0, 0.1) is 0 Å². The second-order valence-corrected chi connectivity index (χ2v) is 6.41. The van der Waals surface area contributed by atoms with Crippen molar-refractivity contribution in [3.05, 3.63) is 23.8 Å². The van der Waals surface area contributed by atoms with Gasteiger partial charge in [0.05, 0.1) is 5.69 Å². The first kappa shape index (κ1) is 19.6. The lowest BCUT2D eigenvalue weighted by atomic mass is 10.1. The number of nitrogens with one attached hydrogen (secondary N) is 1. The van der Waals surface area contributed by atoms with Crippen molar-refractivity contribution in [3.63, 3.8) is 0 Å². The minimum absolute atomic E-state index is 0.108. The van der Waals surface area contributed by atoms with Crippen LogP contribution in [0.3, 0.4) is 0 Å². The topological polar surface area (TPSA) is 105 Å². The normalized spacial score (nSPS) is 13.9. The molecule has 0 fully saturated rings. The molecular weight excluding hydrogens is 358 g/mol. The molecule has 9 heteroatoms.